The minimum atomic E-state index is -0.0631. The molecule has 32 heavy (non-hydrogen) atoms. The minimum Gasteiger partial charge on any atom is -0.353 e. The lowest BCUT2D eigenvalue weighted by Gasteiger charge is -2.36. The molecule has 1 fully saturated rings. The Kier molecular flexibility index (Phi) is 7.01. The highest BCUT2D eigenvalue weighted by Crippen LogP contribution is 2.42. The number of carbonyl (C=O) groups excluding carboxylic acids is 1. The highest BCUT2D eigenvalue weighted by molar-refractivity contribution is 7.99. The molecule has 6 heteroatoms. The average Bonchev–Trinajstić information content (AvgIpc) is 3.30. The number of hydrogen-bond acceptors (Lipinski definition) is 4. The zero-order chi connectivity index (χ0) is 22.9. The molecular formula is C26H38N4OS. The summed E-state index contributed by atoms with van der Waals surface area (Å²) in [5.74, 6) is 0.168. The molecule has 2 N–H and O–H groups in total. The summed E-state index contributed by atoms with van der Waals surface area (Å²) in [4.78, 5) is 23.7. The summed E-state index contributed by atoms with van der Waals surface area (Å²) in [5, 5.41) is 4.46. The van der Waals surface area contributed by atoms with E-state index in [0.29, 0.717) is 5.25 Å². The van der Waals surface area contributed by atoms with Gasteiger partial charge in [0, 0.05) is 24.4 Å². The van der Waals surface area contributed by atoms with Crippen molar-refractivity contribution in [1.29, 1.82) is 0 Å². The number of thioether (sulfide) groups is 1. The van der Waals surface area contributed by atoms with Gasteiger partial charge in [-0.3, -0.25) is 9.69 Å². The molecule has 0 bridgehead atoms. The Hall–Kier alpha value is -1.79. The average molecular weight is 455 g/mol. The molecule has 2 aliphatic rings. The predicted octanol–water partition coefficient (Wildman–Crippen LogP) is 5.54. The number of imidazole rings is 1. The van der Waals surface area contributed by atoms with Gasteiger partial charge in [0.25, 0.3) is 0 Å². The first-order valence-electron chi connectivity index (χ1n) is 12.1. The molecule has 5 nitrogen and oxygen atoms in total. The number of amides is 1. The maximum absolute atomic E-state index is 13.1. The van der Waals surface area contributed by atoms with Crippen molar-refractivity contribution in [2.75, 3.05) is 13.1 Å². The van der Waals surface area contributed by atoms with Gasteiger partial charge in [-0.2, -0.15) is 0 Å². The minimum absolute atomic E-state index is 0.0631. The van der Waals surface area contributed by atoms with Crippen LogP contribution in [0.25, 0.3) is 11.0 Å². The molecule has 4 rings (SSSR count). The summed E-state index contributed by atoms with van der Waals surface area (Å²) in [6.45, 7) is 13.0. The second-order valence-electron chi connectivity index (χ2n) is 10.5. The largest absolute Gasteiger partial charge is 0.353 e. The molecule has 1 aromatic heterocycles. The van der Waals surface area contributed by atoms with Gasteiger partial charge in [-0.05, 0) is 70.4 Å². The molecule has 0 unspecified atom stereocenters. The van der Waals surface area contributed by atoms with E-state index in [0.717, 1.165) is 42.1 Å². The SMILES string of the molecule is CC1=C(CCN2C[C@@H](Sc3nc4ccccc4[nH]3)C[C@H]2C(=O)NC(C)C)C(C)(C)CCC1. The standard InChI is InChI=1S/C26H38N4OS/c1-17(2)27-24(31)23-15-19(32-25-28-21-10-6-7-11-22(21)29-25)16-30(23)14-12-20-18(3)9-8-13-26(20,4)5/h6-7,10-11,17,19,23H,8-9,12-16H2,1-5H3,(H,27,31)(H,28,29)/t19-,23-/m0/s1. The van der Waals surface area contributed by atoms with Crippen molar-refractivity contribution < 1.29 is 4.79 Å². The number of aromatic amines is 1. The number of benzene rings is 1. The van der Waals surface area contributed by atoms with Gasteiger partial charge < -0.3 is 10.3 Å². The van der Waals surface area contributed by atoms with Crippen LogP contribution in [0.15, 0.2) is 40.6 Å². The van der Waals surface area contributed by atoms with Crippen molar-refractivity contribution in [3.63, 3.8) is 0 Å². The van der Waals surface area contributed by atoms with E-state index in [1.54, 1.807) is 22.9 Å². The molecule has 2 heterocycles. The van der Waals surface area contributed by atoms with Crippen LogP contribution in [0.1, 0.15) is 66.7 Å². The lowest BCUT2D eigenvalue weighted by Crippen LogP contribution is -2.46. The van der Waals surface area contributed by atoms with Gasteiger partial charge >= 0.3 is 0 Å². The topological polar surface area (TPSA) is 61.0 Å². The number of fused-ring (bicyclic) bond motifs is 1. The monoisotopic (exact) mass is 454 g/mol. The van der Waals surface area contributed by atoms with E-state index in [9.17, 15) is 4.79 Å². The fourth-order valence-electron chi connectivity index (χ4n) is 5.47. The van der Waals surface area contributed by atoms with Crippen molar-refractivity contribution >= 4 is 28.7 Å². The Bertz CT molecular complexity index is 960. The summed E-state index contributed by atoms with van der Waals surface area (Å²) < 4.78 is 0. The highest BCUT2D eigenvalue weighted by atomic mass is 32.2. The highest BCUT2D eigenvalue weighted by Gasteiger charge is 2.38. The first-order chi connectivity index (χ1) is 15.2. The summed E-state index contributed by atoms with van der Waals surface area (Å²) in [6.07, 6.45) is 5.71. The molecule has 1 aromatic carbocycles. The van der Waals surface area contributed by atoms with Crippen LogP contribution < -0.4 is 5.32 Å². The molecule has 2 aromatic rings. The zero-order valence-corrected chi connectivity index (χ0v) is 21.0. The quantitative estimate of drug-likeness (QED) is 0.539. The number of hydrogen-bond donors (Lipinski definition) is 2. The Balaban J connectivity index is 1.47. The molecule has 0 radical (unpaired) electrons. The third-order valence-corrected chi connectivity index (χ3v) is 8.17. The summed E-state index contributed by atoms with van der Waals surface area (Å²) in [6, 6.07) is 8.25. The van der Waals surface area contributed by atoms with Crippen molar-refractivity contribution in [2.45, 2.75) is 89.2 Å². The smallest absolute Gasteiger partial charge is 0.237 e. The van der Waals surface area contributed by atoms with Crippen LogP contribution >= 0.6 is 11.8 Å². The fourth-order valence-corrected chi connectivity index (χ4v) is 6.65. The van der Waals surface area contributed by atoms with Crippen molar-refractivity contribution in [2.24, 2.45) is 5.41 Å². The van der Waals surface area contributed by atoms with E-state index in [1.807, 2.05) is 32.0 Å². The van der Waals surface area contributed by atoms with E-state index < -0.39 is 0 Å². The number of likely N-dealkylation sites (tertiary alicyclic amines) is 1. The molecule has 1 aliphatic carbocycles. The van der Waals surface area contributed by atoms with E-state index in [2.05, 4.69) is 42.0 Å². The fraction of sp³-hybridized carbons (Fsp3) is 0.615. The number of carbonyl (C=O) groups is 1. The van der Waals surface area contributed by atoms with Gasteiger partial charge in [0.05, 0.1) is 17.1 Å². The third-order valence-electron chi connectivity index (χ3n) is 7.08. The second kappa shape index (κ2) is 9.60. The zero-order valence-electron chi connectivity index (χ0n) is 20.2. The molecule has 2 atom stereocenters. The Morgan fingerprint density at radius 3 is 2.84 bits per heavy atom. The van der Waals surface area contributed by atoms with Crippen molar-refractivity contribution in [3.8, 4) is 0 Å². The van der Waals surface area contributed by atoms with Gasteiger partial charge in [0.2, 0.25) is 5.91 Å². The molecule has 0 spiro atoms. The van der Waals surface area contributed by atoms with Crippen molar-refractivity contribution in [1.82, 2.24) is 20.2 Å². The number of rotatable bonds is 7. The first kappa shape index (κ1) is 23.4. The summed E-state index contributed by atoms with van der Waals surface area (Å²) in [5.41, 5.74) is 5.53. The number of para-hydroxylation sites is 2. The maximum atomic E-state index is 13.1. The lowest BCUT2D eigenvalue weighted by atomic mass is 9.71. The number of H-pyrrole nitrogens is 1. The maximum Gasteiger partial charge on any atom is 0.237 e. The summed E-state index contributed by atoms with van der Waals surface area (Å²) in [7, 11) is 0. The van der Waals surface area contributed by atoms with Crippen LogP contribution in [0.4, 0.5) is 0 Å². The van der Waals surface area contributed by atoms with Crippen LogP contribution in [0.3, 0.4) is 0 Å². The Labute approximate surface area is 196 Å². The number of allylic oxidation sites excluding steroid dienone is 1. The summed E-state index contributed by atoms with van der Waals surface area (Å²) >= 11 is 1.78. The Morgan fingerprint density at radius 2 is 2.12 bits per heavy atom. The third kappa shape index (κ3) is 5.23. The molecule has 1 saturated heterocycles. The first-order valence-corrected chi connectivity index (χ1v) is 13.0. The normalized spacial score (nSPS) is 23.9. The van der Waals surface area contributed by atoms with Crippen LogP contribution in [-0.4, -0.2) is 51.2 Å². The molecule has 0 saturated carbocycles. The van der Waals surface area contributed by atoms with Crippen LogP contribution in [0.5, 0.6) is 0 Å². The van der Waals surface area contributed by atoms with E-state index >= 15 is 0 Å². The lowest BCUT2D eigenvalue weighted by molar-refractivity contribution is -0.125. The van der Waals surface area contributed by atoms with Gasteiger partial charge in [-0.25, -0.2) is 4.98 Å². The van der Waals surface area contributed by atoms with E-state index in [1.165, 1.54) is 19.3 Å². The molecule has 174 valence electrons. The number of aromatic nitrogens is 2. The van der Waals surface area contributed by atoms with E-state index in [4.69, 9.17) is 4.98 Å². The van der Waals surface area contributed by atoms with Gasteiger partial charge in [0.1, 0.15) is 0 Å². The van der Waals surface area contributed by atoms with E-state index in [-0.39, 0.29) is 23.4 Å². The van der Waals surface area contributed by atoms with Gasteiger partial charge in [-0.15, -0.1) is 0 Å². The number of nitrogens with one attached hydrogen (secondary N) is 2. The van der Waals surface area contributed by atoms with Gasteiger partial charge in [-0.1, -0.05) is 48.9 Å². The van der Waals surface area contributed by atoms with Crippen LogP contribution in [0.2, 0.25) is 0 Å². The van der Waals surface area contributed by atoms with Crippen LogP contribution in [0, 0.1) is 5.41 Å². The second-order valence-corrected chi connectivity index (χ2v) is 11.7. The molecule has 1 aliphatic heterocycles. The number of nitrogens with zero attached hydrogens (tertiary/aromatic N) is 2. The Morgan fingerprint density at radius 1 is 1.34 bits per heavy atom. The molecular weight excluding hydrogens is 416 g/mol. The molecule has 1 amide bonds. The van der Waals surface area contributed by atoms with Crippen molar-refractivity contribution in [3.05, 3.63) is 35.4 Å². The van der Waals surface area contributed by atoms with Crippen LogP contribution in [-0.2, 0) is 4.79 Å². The van der Waals surface area contributed by atoms with Gasteiger partial charge in [0.15, 0.2) is 5.16 Å². The predicted molar refractivity (Wildman–Crippen MR) is 134 cm³/mol.